The summed E-state index contributed by atoms with van der Waals surface area (Å²) in [5.74, 6) is -1.73. The molecule has 1 rings (SSSR count). The number of carboxylic acid groups (broad SMARTS) is 1. The zero-order valence-corrected chi connectivity index (χ0v) is 14.7. The molecule has 0 aliphatic carbocycles. The Hall–Kier alpha value is -2.37. The highest BCUT2D eigenvalue weighted by Crippen LogP contribution is 2.17. The monoisotopic (exact) mass is 334 g/mol. The van der Waals surface area contributed by atoms with Gasteiger partial charge in [-0.3, -0.25) is 9.59 Å². The van der Waals surface area contributed by atoms with Gasteiger partial charge in [0.15, 0.2) is 0 Å². The molecule has 0 aliphatic rings. The second-order valence-corrected chi connectivity index (χ2v) is 7.04. The summed E-state index contributed by atoms with van der Waals surface area (Å²) < 4.78 is 0. The van der Waals surface area contributed by atoms with E-state index in [1.807, 2.05) is 51.1 Å². The molecule has 1 atom stereocenters. The van der Waals surface area contributed by atoms with E-state index < -0.39 is 17.9 Å². The zero-order chi connectivity index (χ0) is 18.3. The number of benzene rings is 1. The van der Waals surface area contributed by atoms with E-state index in [-0.39, 0.29) is 24.4 Å². The second-order valence-electron chi connectivity index (χ2n) is 7.04. The summed E-state index contributed by atoms with van der Waals surface area (Å²) >= 11 is 0. The van der Waals surface area contributed by atoms with E-state index in [1.54, 1.807) is 0 Å². The quantitative estimate of drug-likeness (QED) is 0.799. The topological polar surface area (TPSA) is 86.7 Å². The molecular formula is C18H26N2O4. The van der Waals surface area contributed by atoms with Crippen molar-refractivity contribution in [1.29, 1.82) is 0 Å². The first kappa shape index (κ1) is 19.7. The summed E-state index contributed by atoms with van der Waals surface area (Å²) in [4.78, 5) is 36.8. The summed E-state index contributed by atoms with van der Waals surface area (Å²) in [7, 11) is 0. The lowest BCUT2D eigenvalue weighted by Gasteiger charge is -2.27. The Kier molecular flexibility index (Phi) is 6.95. The Balaban J connectivity index is 2.74. The van der Waals surface area contributed by atoms with Crippen molar-refractivity contribution in [2.24, 2.45) is 5.41 Å². The molecule has 2 N–H and O–H groups in total. The van der Waals surface area contributed by atoms with E-state index >= 15 is 0 Å². The number of nitrogens with one attached hydrogen (secondary N) is 1. The Bertz CT molecular complexity index is 578. The highest BCUT2D eigenvalue weighted by Gasteiger charge is 2.26. The van der Waals surface area contributed by atoms with Crippen LogP contribution < -0.4 is 5.32 Å². The molecule has 0 saturated heterocycles. The van der Waals surface area contributed by atoms with Gasteiger partial charge in [0.2, 0.25) is 11.8 Å². The lowest BCUT2D eigenvalue weighted by molar-refractivity contribution is -0.149. The van der Waals surface area contributed by atoms with Gasteiger partial charge >= 0.3 is 5.97 Å². The molecule has 0 heterocycles. The third-order valence-electron chi connectivity index (χ3n) is 3.47. The van der Waals surface area contributed by atoms with Crippen LogP contribution in [0.1, 0.15) is 39.7 Å². The Morgan fingerprint density at radius 3 is 2.25 bits per heavy atom. The van der Waals surface area contributed by atoms with Crippen molar-refractivity contribution < 1.29 is 19.5 Å². The summed E-state index contributed by atoms with van der Waals surface area (Å²) in [6.07, 6.45) is 0.299. The predicted molar refractivity (Wildman–Crippen MR) is 91.2 cm³/mol. The van der Waals surface area contributed by atoms with Crippen LogP contribution in [0.3, 0.4) is 0 Å². The van der Waals surface area contributed by atoms with E-state index in [0.29, 0.717) is 6.42 Å². The third-order valence-corrected chi connectivity index (χ3v) is 3.47. The lowest BCUT2D eigenvalue weighted by atomic mass is 9.92. The summed E-state index contributed by atoms with van der Waals surface area (Å²) in [6, 6.07) is 8.18. The highest BCUT2D eigenvalue weighted by atomic mass is 16.4. The molecule has 6 heteroatoms. The summed E-state index contributed by atoms with van der Waals surface area (Å²) in [6.45, 7) is 7.23. The molecule has 24 heavy (non-hydrogen) atoms. The SMILES string of the molecule is CC(C(=O)O)N(Cc1ccccc1)C(=O)CNC(=O)CC(C)(C)C. The van der Waals surface area contributed by atoms with E-state index in [4.69, 9.17) is 0 Å². The number of carbonyl (C=O) groups excluding carboxylic acids is 2. The largest absolute Gasteiger partial charge is 0.480 e. The molecule has 1 unspecified atom stereocenters. The first-order valence-corrected chi connectivity index (χ1v) is 7.93. The molecule has 0 spiro atoms. The summed E-state index contributed by atoms with van der Waals surface area (Å²) in [5.41, 5.74) is 0.658. The van der Waals surface area contributed by atoms with Crippen LogP contribution >= 0.6 is 0 Å². The smallest absolute Gasteiger partial charge is 0.326 e. The van der Waals surface area contributed by atoms with Crippen LogP contribution in [0, 0.1) is 5.41 Å². The second kappa shape index (κ2) is 8.47. The summed E-state index contributed by atoms with van der Waals surface area (Å²) in [5, 5.41) is 11.8. The predicted octanol–water partition coefficient (Wildman–Crippen LogP) is 2.04. The van der Waals surface area contributed by atoms with E-state index in [2.05, 4.69) is 5.32 Å². The maximum atomic E-state index is 12.4. The van der Waals surface area contributed by atoms with Crippen LogP contribution in [0.25, 0.3) is 0 Å². The van der Waals surface area contributed by atoms with Crippen molar-refractivity contribution in [2.75, 3.05) is 6.54 Å². The number of aliphatic carboxylic acids is 1. The van der Waals surface area contributed by atoms with Crippen molar-refractivity contribution in [1.82, 2.24) is 10.2 Å². The lowest BCUT2D eigenvalue weighted by Crippen LogP contribution is -2.47. The molecule has 6 nitrogen and oxygen atoms in total. The van der Waals surface area contributed by atoms with Gasteiger partial charge in [-0.15, -0.1) is 0 Å². The first-order valence-electron chi connectivity index (χ1n) is 7.93. The normalized spacial score (nSPS) is 12.3. The molecule has 1 aromatic carbocycles. The zero-order valence-electron chi connectivity index (χ0n) is 14.7. The molecule has 0 radical (unpaired) electrons. The number of carbonyl (C=O) groups is 3. The Labute approximate surface area is 142 Å². The number of amides is 2. The van der Waals surface area contributed by atoms with Crippen molar-refractivity contribution in [3.63, 3.8) is 0 Å². The van der Waals surface area contributed by atoms with E-state index in [0.717, 1.165) is 5.56 Å². The van der Waals surface area contributed by atoms with Crippen LogP contribution in [-0.2, 0) is 20.9 Å². The van der Waals surface area contributed by atoms with Gasteiger partial charge in [-0.05, 0) is 17.9 Å². The Morgan fingerprint density at radius 2 is 1.75 bits per heavy atom. The van der Waals surface area contributed by atoms with Gasteiger partial charge in [0.1, 0.15) is 6.04 Å². The number of hydrogen-bond acceptors (Lipinski definition) is 3. The van der Waals surface area contributed by atoms with Gasteiger partial charge in [0.25, 0.3) is 0 Å². The van der Waals surface area contributed by atoms with Crippen LogP contribution in [-0.4, -0.2) is 40.4 Å². The fraction of sp³-hybridized carbons (Fsp3) is 0.500. The fourth-order valence-corrected chi connectivity index (χ4v) is 2.17. The van der Waals surface area contributed by atoms with E-state index in [1.165, 1.54) is 11.8 Å². The Morgan fingerprint density at radius 1 is 1.17 bits per heavy atom. The average molecular weight is 334 g/mol. The van der Waals surface area contributed by atoms with Crippen molar-refractivity contribution in [2.45, 2.75) is 46.7 Å². The molecule has 0 aliphatic heterocycles. The molecule has 0 saturated carbocycles. The molecule has 0 bridgehead atoms. The van der Waals surface area contributed by atoms with Crippen LogP contribution in [0.4, 0.5) is 0 Å². The van der Waals surface area contributed by atoms with Crippen LogP contribution in [0.5, 0.6) is 0 Å². The van der Waals surface area contributed by atoms with E-state index in [9.17, 15) is 19.5 Å². The maximum absolute atomic E-state index is 12.4. The molecule has 132 valence electrons. The number of rotatable bonds is 7. The molecule has 0 fully saturated rings. The van der Waals surface area contributed by atoms with Crippen molar-refractivity contribution in [3.8, 4) is 0 Å². The maximum Gasteiger partial charge on any atom is 0.326 e. The molecular weight excluding hydrogens is 308 g/mol. The number of nitrogens with zero attached hydrogens (tertiary/aromatic N) is 1. The van der Waals surface area contributed by atoms with Crippen molar-refractivity contribution in [3.05, 3.63) is 35.9 Å². The molecule has 0 aromatic heterocycles. The van der Waals surface area contributed by atoms with Gasteiger partial charge in [0.05, 0.1) is 6.54 Å². The van der Waals surface area contributed by atoms with Gasteiger partial charge in [-0.2, -0.15) is 0 Å². The highest BCUT2D eigenvalue weighted by molar-refractivity contribution is 5.88. The molecule has 2 amide bonds. The van der Waals surface area contributed by atoms with Gasteiger partial charge in [0, 0.05) is 13.0 Å². The third kappa shape index (κ3) is 6.81. The minimum atomic E-state index is -1.08. The van der Waals surface area contributed by atoms with Gasteiger partial charge in [-0.1, -0.05) is 51.1 Å². The minimum absolute atomic E-state index is 0.175. The van der Waals surface area contributed by atoms with Crippen LogP contribution in [0.15, 0.2) is 30.3 Å². The molecule has 1 aromatic rings. The van der Waals surface area contributed by atoms with Gasteiger partial charge < -0.3 is 15.3 Å². The minimum Gasteiger partial charge on any atom is -0.480 e. The number of carboxylic acids is 1. The first-order chi connectivity index (χ1) is 11.1. The number of hydrogen-bond donors (Lipinski definition) is 2. The fourth-order valence-electron chi connectivity index (χ4n) is 2.17. The standard InChI is InChI=1S/C18H26N2O4/c1-13(17(23)24)20(12-14-8-6-5-7-9-14)16(22)11-19-15(21)10-18(2,3)4/h5-9,13H,10-12H2,1-4H3,(H,19,21)(H,23,24). The van der Waals surface area contributed by atoms with Crippen molar-refractivity contribution >= 4 is 17.8 Å². The average Bonchev–Trinajstić information content (AvgIpc) is 2.49. The van der Waals surface area contributed by atoms with Gasteiger partial charge in [-0.25, -0.2) is 4.79 Å². The van der Waals surface area contributed by atoms with Crippen LogP contribution in [0.2, 0.25) is 0 Å².